The molecule has 0 aliphatic carbocycles. The van der Waals surface area contributed by atoms with Gasteiger partial charge in [-0.2, -0.15) is 0 Å². The summed E-state index contributed by atoms with van der Waals surface area (Å²) in [6.45, 7) is 4.86. The molecular formula is C23H25N3OS. The van der Waals surface area contributed by atoms with Crippen LogP contribution in [-0.4, -0.2) is 22.3 Å². The maximum absolute atomic E-state index is 12.7. The van der Waals surface area contributed by atoms with Gasteiger partial charge >= 0.3 is 0 Å². The Labute approximate surface area is 170 Å². The molecule has 0 bridgehead atoms. The molecule has 1 aliphatic rings. The van der Waals surface area contributed by atoms with E-state index in [1.807, 2.05) is 37.3 Å². The SMILES string of the molecule is CCC(C(=O)Nc1nc(CN2CCc3ccccc3C2)cs1)c1ccccc1. The zero-order chi connectivity index (χ0) is 19.3. The van der Waals surface area contributed by atoms with Gasteiger partial charge in [-0.15, -0.1) is 11.3 Å². The van der Waals surface area contributed by atoms with Gasteiger partial charge in [0.25, 0.3) is 0 Å². The highest BCUT2D eigenvalue weighted by Crippen LogP contribution is 2.25. The molecule has 0 spiro atoms. The summed E-state index contributed by atoms with van der Waals surface area (Å²) in [6, 6.07) is 18.6. The summed E-state index contributed by atoms with van der Waals surface area (Å²) in [5.41, 5.74) is 4.93. The molecule has 1 unspecified atom stereocenters. The van der Waals surface area contributed by atoms with Crippen molar-refractivity contribution in [1.29, 1.82) is 0 Å². The Bertz CT molecular complexity index is 938. The molecule has 1 amide bonds. The van der Waals surface area contributed by atoms with E-state index in [0.717, 1.165) is 43.7 Å². The van der Waals surface area contributed by atoms with Crippen molar-refractivity contribution in [2.75, 3.05) is 11.9 Å². The highest BCUT2D eigenvalue weighted by Gasteiger charge is 2.20. The predicted octanol–water partition coefficient (Wildman–Crippen LogP) is 4.83. The van der Waals surface area contributed by atoms with Crippen molar-refractivity contribution in [3.8, 4) is 0 Å². The van der Waals surface area contributed by atoms with Crippen LogP contribution in [0.4, 0.5) is 5.13 Å². The Morgan fingerprint density at radius 1 is 1.14 bits per heavy atom. The number of thiazole rings is 1. The summed E-state index contributed by atoms with van der Waals surface area (Å²) < 4.78 is 0. The minimum absolute atomic E-state index is 0.0153. The van der Waals surface area contributed by atoms with Crippen LogP contribution >= 0.6 is 11.3 Å². The summed E-state index contributed by atoms with van der Waals surface area (Å²) in [6.07, 6.45) is 1.85. The molecule has 1 N–H and O–H groups in total. The predicted molar refractivity (Wildman–Crippen MR) is 114 cm³/mol. The number of hydrogen-bond acceptors (Lipinski definition) is 4. The topological polar surface area (TPSA) is 45.2 Å². The molecule has 1 aromatic heterocycles. The number of aromatic nitrogens is 1. The van der Waals surface area contributed by atoms with E-state index in [2.05, 4.69) is 44.8 Å². The fraction of sp³-hybridized carbons (Fsp3) is 0.304. The number of carbonyl (C=O) groups is 1. The van der Waals surface area contributed by atoms with Crippen molar-refractivity contribution in [3.05, 3.63) is 82.4 Å². The monoisotopic (exact) mass is 391 g/mol. The van der Waals surface area contributed by atoms with Gasteiger partial charge in [-0.3, -0.25) is 9.69 Å². The molecule has 0 radical (unpaired) electrons. The number of carbonyl (C=O) groups excluding carboxylic acids is 1. The molecule has 4 nitrogen and oxygen atoms in total. The number of benzene rings is 2. The number of amides is 1. The third-order valence-corrected chi connectivity index (χ3v) is 6.11. The van der Waals surface area contributed by atoms with Gasteiger partial charge in [0.05, 0.1) is 11.6 Å². The van der Waals surface area contributed by atoms with Crippen LogP contribution in [0.15, 0.2) is 60.0 Å². The Balaban J connectivity index is 1.37. The Morgan fingerprint density at radius 2 is 1.89 bits per heavy atom. The largest absolute Gasteiger partial charge is 0.301 e. The lowest BCUT2D eigenvalue weighted by Crippen LogP contribution is -2.30. The second-order valence-electron chi connectivity index (χ2n) is 7.23. The van der Waals surface area contributed by atoms with Gasteiger partial charge in [-0.25, -0.2) is 4.98 Å². The minimum Gasteiger partial charge on any atom is -0.301 e. The molecule has 0 saturated carbocycles. The summed E-state index contributed by atoms with van der Waals surface area (Å²) in [5.74, 6) is -0.131. The minimum atomic E-state index is -0.146. The van der Waals surface area contributed by atoms with Crippen molar-refractivity contribution in [2.24, 2.45) is 0 Å². The summed E-state index contributed by atoms with van der Waals surface area (Å²) in [4.78, 5) is 19.8. The number of rotatable bonds is 6. The average molecular weight is 392 g/mol. The van der Waals surface area contributed by atoms with E-state index in [1.54, 1.807) is 0 Å². The van der Waals surface area contributed by atoms with E-state index in [0.29, 0.717) is 5.13 Å². The first kappa shape index (κ1) is 18.8. The average Bonchev–Trinajstić information content (AvgIpc) is 3.16. The Kier molecular flexibility index (Phi) is 5.84. The van der Waals surface area contributed by atoms with Crippen LogP contribution in [0, 0.1) is 0 Å². The fourth-order valence-electron chi connectivity index (χ4n) is 3.81. The normalized spacial score (nSPS) is 15.0. The first-order valence-electron chi connectivity index (χ1n) is 9.82. The third-order valence-electron chi connectivity index (χ3n) is 5.30. The van der Waals surface area contributed by atoms with E-state index < -0.39 is 0 Å². The summed E-state index contributed by atoms with van der Waals surface area (Å²) in [5, 5.41) is 5.76. The number of hydrogen-bond donors (Lipinski definition) is 1. The van der Waals surface area contributed by atoms with Gasteiger partial charge in [0.15, 0.2) is 5.13 Å². The molecule has 5 heteroatoms. The van der Waals surface area contributed by atoms with Gasteiger partial charge in [0.2, 0.25) is 5.91 Å². The van der Waals surface area contributed by atoms with Crippen molar-refractivity contribution in [1.82, 2.24) is 9.88 Å². The van der Waals surface area contributed by atoms with Crippen LogP contribution in [0.1, 0.15) is 41.6 Å². The summed E-state index contributed by atoms with van der Waals surface area (Å²) in [7, 11) is 0. The first-order chi connectivity index (χ1) is 13.7. The maximum atomic E-state index is 12.7. The quantitative estimate of drug-likeness (QED) is 0.654. The van der Waals surface area contributed by atoms with Crippen LogP contribution < -0.4 is 5.32 Å². The highest BCUT2D eigenvalue weighted by molar-refractivity contribution is 7.13. The van der Waals surface area contributed by atoms with Gasteiger partial charge in [0.1, 0.15) is 0 Å². The van der Waals surface area contributed by atoms with Crippen molar-refractivity contribution >= 4 is 22.4 Å². The van der Waals surface area contributed by atoms with Crippen LogP contribution in [0.25, 0.3) is 0 Å². The van der Waals surface area contributed by atoms with E-state index in [1.165, 1.54) is 22.5 Å². The lowest BCUT2D eigenvalue weighted by atomic mass is 9.96. The van der Waals surface area contributed by atoms with E-state index in [4.69, 9.17) is 0 Å². The molecule has 1 aliphatic heterocycles. The fourth-order valence-corrected chi connectivity index (χ4v) is 4.51. The van der Waals surface area contributed by atoms with Gasteiger partial charge < -0.3 is 5.32 Å². The number of anilines is 1. The lowest BCUT2D eigenvalue weighted by Gasteiger charge is -2.27. The van der Waals surface area contributed by atoms with Gasteiger partial charge in [-0.05, 0) is 29.5 Å². The molecule has 2 aromatic carbocycles. The second-order valence-corrected chi connectivity index (χ2v) is 8.09. The van der Waals surface area contributed by atoms with Gasteiger partial charge in [0, 0.05) is 25.0 Å². The summed E-state index contributed by atoms with van der Waals surface area (Å²) >= 11 is 1.51. The Morgan fingerprint density at radius 3 is 2.68 bits per heavy atom. The van der Waals surface area contributed by atoms with Gasteiger partial charge in [-0.1, -0.05) is 61.5 Å². The molecule has 1 atom stereocenters. The molecule has 144 valence electrons. The number of nitrogens with one attached hydrogen (secondary N) is 1. The van der Waals surface area contributed by atoms with Crippen LogP contribution in [-0.2, 0) is 24.3 Å². The maximum Gasteiger partial charge on any atom is 0.233 e. The molecule has 0 fully saturated rings. The molecule has 0 saturated heterocycles. The highest BCUT2D eigenvalue weighted by atomic mass is 32.1. The molecule has 3 aromatic rings. The molecule has 28 heavy (non-hydrogen) atoms. The van der Waals surface area contributed by atoms with E-state index >= 15 is 0 Å². The van der Waals surface area contributed by atoms with Crippen molar-refractivity contribution in [2.45, 2.75) is 38.8 Å². The number of nitrogens with zero attached hydrogens (tertiary/aromatic N) is 2. The second kappa shape index (κ2) is 8.67. The van der Waals surface area contributed by atoms with Crippen molar-refractivity contribution < 1.29 is 4.79 Å². The third kappa shape index (κ3) is 4.32. The van der Waals surface area contributed by atoms with E-state index in [9.17, 15) is 4.79 Å². The molecule has 2 heterocycles. The number of fused-ring (bicyclic) bond motifs is 1. The zero-order valence-electron chi connectivity index (χ0n) is 16.1. The zero-order valence-corrected chi connectivity index (χ0v) is 16.9. The first-order valence-corrected chi connectivity index (χ1v) is 10.7. The van der Waals surface area contributed by atoms with Crippen molar-refractivity contribution in [3.63, 3.8) is 0 Å². The van der Waals surface area contributed by atoms with Crippen LogP contribution in [0.5, 0.6) is 0 Å². The molecular weight excluding hydrogens is 366 g/mol. The van der Waals surface area contributed by atoms with E-state index in [-0.39, 0.29) is 11.8 Å². The molecule has 4 rings (SSSR count). The standard InChI is InChI=1S/C23H25N3OS/c1-2-21(18-9-4-3-5-10-18)22(27)25-23-24-20(16-28-23)15-26-13-12-17-8-6-7-11-19(17)14-26/h3-11,16,21H,2,12-15H2,1H3,(H,24,25,27). The smallest absolute Gasteiger partial charge is 0.233 e. The lowest BCUT2D eigenvalue weighted by molar-refractivity contribution is -0.117. The Hall–Kier alpha value is -2.50. The van der Waals surface area contributed by atoms with Crippen LogP contribution in [0.2, 0.25) is 0 Å². The van der Waals surface area contributed by atoms with Crippen LogP contribution in [0.3, 0.4) is 0 Å².